The van der Waals surface area contributed by atoms with Crippen LogP contribution in [0.3, 0.4) is 0 Å². The van der Waals surface area contributed by atoms with Crippen molar-refractivity contribution in [2.75, 3.05) is 0 Å². The molecule has 0 aromatic rings. The Bertz CT molecular complexity index is 218. The molecule has 1 rings (SSSR count). The van der Waals surface area contributed by atoms with Crippen LogP contribution in [-0.4, -0.2) is 11.2 Å². The highest BCUT2D eigenvalue weighted by atomic mass is 16.3. The third kappa shape index (κ3) is 4.18. The number of aliphatic hydroxyl groups is 1. The van der Waals surface area contributed by atoms with Crippen LogP contribution in [0.5, 0.6) is 0 Å². The van der Waals surface area contributed by atoms with Gasteiger partial charge in [-0.05, 0) is 56.3 Å². The van der Waals surface area contributed by atoms with Crippen molar-refractivity contribution in [3.63, 3.8) is 0 Å². The Morgan fingerprint density at radius 1 is 1.19 bits per heavy atom. The maximum absolute atomic E-state index is 10.1. The van der Waals surface area contributed by atoms with Gasteiger partial charge in [-0.3, -0.25) is 0 Å². The van der Waals surface area contributed by atoms with Crippen LogP contribution in [0.4, 0.5) is 0 Å². The van der Waals surface area contributed by atoms with Gasteiger partial charge in [0.05, 0.1) is 6.10 Å². The molecule has 1 atom stereocenters. The van der Waals surface area contributed by atoms with Crippen LogP contribution in [0.15, 0.2) is 0 Å². The molecule has 1 nitrogen and oxygen atoms in total. The molecule has 0 spiro atoms. The monoisotopic (exact) mass is 222 g/mol. The molecule has 0 aromatic heterocycles. The molecule has 0 bridgehead atoms. The molecule has 0 amide bonds. The molecule has 1 aliphatic rings. The minimum Gasteiger partial charge on any atom is -0.393 e. The largest absolute Gasteiger partial charge is 0.393 e. The molecule has 0 aromatic carbocycles. The average Bonchev–Trinajstić information content (AvgIpc) is 2.29. The first-order valence-electron chi connectivity index (χ1n) is 6.76. The molecule has 1 unspecified atom stereocenters. The highest BCUT2D eigenvalue weighted by Gasteiger charge is 2.27. The van der Waals surface area contributed by atoms with Gasteiger partial charge in [0.15, 0.2) is 0 Å². The second kappa shape index (κ2) is 6.97. The normalized spacial score (nSPS) is 27.7. The van der Waals surface area contributed by atoms with Gasteiger partial charge in [0.25, 0.3) is 0 Å². The zero-order chi connectivity index (χ0) is 12.0. The van der Waals surface area contributed by atoms with E-state index in [1.807, 2.05) is 0 Å². The van der Waals surface area contributed by atoms with Gasteiger partial charge >= 0.3 is 0 Å². The van der Waals surface area contributed by atoms with Crippen LogP contribution in [0.1, 0.15) is 58.8 Å². The van der Waals surface area contributed by atoms with Gasteiger partial charge in [0.2, 0.25) is 0 Å². The third-order valence-electron chi connectivity index (χ3n) is 4.12. The second-order valence-electron chi connectivity index (χ2n) is 5.58. The molecule has 0 radical (unpaired) electrons. The molecule has 1 saturated carbocycles. The van der Waals surface area contributed by atoms with Gasteiger partial charge in [0.1, 0.15) is 0 Å². The average molecular weight is 222 g/mol. The number of terminal acetylenes is 1. The van der Waals surface area contributed by atoms with E-state index in [1.54, 1.807) is 0 Å². The fourth-order valence-electron chi connectivity index (χ4n) is 2.85. The summed E-state index contributed by atoms with van der Waals surface area (Å²) in [6, 6.07) is 0. The summed E-state index contributed by atoms with van der Waals surface area (Å²) < 4.78 is 0. The lowest BCUT2D eigenvalue weighted by molar-refractivity contribution is 0.0596. The van der Waals surface area contributed by atoms with Crippen molar-refractivity contribution >= 4 is 0 Å². The minimum absolute atomic E-state index is 0.110. The Kier molecular flexibility index (Phi) is 5.91. The Balaban J connectivity index is 2.22. The highest BCUT2D eigenvalue weighted by molar-refractivity contribution is 4.84. The Morgan fingerprint density at radius 3 is 2.25 bits per heavy atom. The van der Waals surface area contributed by atoms with Crippen LogP contribution in [0.25, 0.3) is 0 Å². The number of hydrogen-bond donors (Lipinski definition) is 1. The van der Waals surface area contributed by atoms with Crippen molar-refractivity contribution in [3.8, 4) is 12.3 Å². The maximum atomic E-state index is 10.1. The van der Waals surface area contributed by atoms with Crippen LogP contribution >= 0.6 is 0 Å². The molecule has 1 aliphatic carbocycles. The Morgan fingerprint density at radius 2 is 1.75 bits per heavy atom. The molecule has 0 saturated heterocycles. The third-order valence-corrected chi connectivity index (χ3v) is 4.12. The molecular weight excluding hydrogens is 196 g/mol. The van der Waals surface area contributed by atoms with Gasteiger partial charge < -0.3 is 5.11 Å². The minimum atomic E-state index is -0.110. The Labute approximate surface area is 101 Å². The van der Waals surface area contributed by atoms with E-state index in [2.05, 4.69) is 19.8 Å². The number of aliphatic hydroxyl groups excluding tert-OH is 1. The second-order valence-corrected chi connectivity index (χ2v) is 5.58. The van der Waals surface area contributed by atoms with Gasteiger partial charge in [-0.25, -0.2) is 0 Å². The SMILES string of the molecule is C#CCCCC(O)C1CCC(C(C)C)CC1. The van der Waals surface area contributed by atoms with Crippen molar-refractivity contribution in [1.82, 2.24) is 0 Å². The van der Waals surface area contributed by atoms with E-state index in [1.165, 1.54) is 25.7 Å². The van der Waals surface area contributed by atoms with E-state index in [4.69, 9.17) is 6.42 Å². The van der Waals surface area contributed by atoms with Gasteiger partial charge in [0, 0.05) is 6.42 Å². The van der Waals surface area contributed by atoms with Crippen molar-refractivity contribution < 1.29 is 5.11 Å². The van der Waals surface area contributed by atoms with Crippen molar-refractivity contribution in [2.45, 2.75) is 64.9 Å². The summed E-state index contributed by atoms with van der Waals surface area (Å²) in [5.74, 6) is 4.86. The van der Waals surface area contributed by atoms with Crippen LogP contribution in [0, 0.1) is 30.1 Å². The van der Waals surface area contributed by atoms with E-state index < -0.39 is 0 Å². The summed E-state index contributed by atoms with van der Waals surface area (Å²) >= 11 is 0. The Hall–Kier alpha value is -0.480. The topological polar surface area (TPSA) is 20.2 Å². The van der Waals surface area contributed by atoms with E-state index in [-0.39, 0.29) is 6.10 Å². The lowest BCUT2D eigenvalue weighted by atomic mass is 9.74. The predicted octanol–water partition coefficient (Wildman–Crippen LogP) is 3.61. The van der Waals surface area contributed by atoms with Crippen LogP contribution in [-0.2, 0) is 0 Å². The standard InChI is InChI=1S/C15H26O/c1-4-5-6-7-15(16)14-10-8-13(9-11-14)12(2)3/h1,12-16H,5-11H2,2-3H3. The first-order chi connectivity index (χ1) is 7.65. The quantitative estimate of drug-likeness (QED) is 0.556. The maximum Gasteiger partial charge on any atom is 0.0568 e. The molecule has 16 heavy (non-hydrogen) atoms. The molecule has 1 N–H and O–H groups in total. The first-order valence-corrected chi connectivity index (χ1v) is 6.76. The number of hydrogen-bond acceptors (Lipinski definition) is 1. The van der Waals surface area contributed by atoms with E-state index in [0.29, 0.717) is 5.92 Å². The van der Waals surface area contributed by atoms with Crippen molar-refractivity contribution in [3.05, 3.63) is 0 Å². The van der Waals surface area contributed by atoms with Gasteiger partial charge in [-0.2, -0.15) is 0 Å². The number of unbranched alkanes of at least 4 members (excludes halogenated alkanes) is 1. The number of rotatable bonds is 5. The lowest BCUT2D eigenvalue weighted by Gasteiger charge is -2.33. The molecule has 1 heteroatoms. The zero-order valence-corrected chi connectivity index (χ0v) is 10.8. The van der Waals surface area contributed by atoms with Gasteiger partial charge in [-0.1, -0.05) is 13.8 Å². The lowest BCUT2D eigenvalue weighted by Crippen LogP contribution is -2.27. The summed E-state index contributed by atoms with van der Waals surface area (Å²) in [6.45, 7) is 4.63. The molecule has 0 aliphatic heterocycles. The predicted molar refractivity (Wildman–Crippen MR) is 69.0 cm³/mol. The molecule has 0 heterocycles. The van der Waals surface area contributed by atoms with Crippen molar-refractivity contribution in [1.29, 1.82) is 0 Å². The fourth-order valence-corrected chi connectivity index (χ4v) is 2.85. The first kappa shape index (κ1) is 13.6. The summed E-state index contributed by atoms with van der Waals surface area (Å²) in [7, 11) is 0. The van der Waals surface area contributed by atoms with Crippen LogP contribution in [0.2, 0.25) is 0 Å². The highest BCUT2D eigenvalue weighted by Crippen LogP contribution is 2.35. The fraction of sp³-hybridized carbons (Fsp3) is 0.867. The van der Waals surface area contributed by atoms with E-state index in [9.17, 15) is 5.11 Å². The summed E-state index contributed by atoms with van der Waals surface area (Å²) in [6.07, 6.45) is 12.8. The molecule has 92 valence electrons. The van der Waals surface area contributed by atoms with Crippen molar-refractivity contribution in [2.24, 2.45) is 17.8 Å². The summed E-state index contributed by atoms with van der Waals surface area (Å²) in [5, 5.41) is 10.1. The van der Waals surface area contributed by atoms with Gasteiger partial charge in [-0.15, -0.1) is 12.3 Å². The molecule has 1 fully saturated rings. The van der Waals surface area contributed by atoms with Crippen LogP contribution < -0.4 is 0 Å². The smallest absolute Gasteiger partial charge is 0.0568 e. The van der Waals surface area contributed by atoms with E-state index in [0.717, 1.165) is 31.1 Å². The van der Waals surface area contributed by atoms with E-state index >= 15 is 0 Å². The summed E-state index contributed by atoms with van der Waals surface area (Å²) in [4.78, 5) is 0. The molecular formula is C15H26O. The summed E-state index contributed by atoms with van der Waals surface area (Å²) in [5.41, 5.74) is 0. The zero-order valence-electron chi connectivity index (χ0n) is 10.8.